The Hall–Kier alpha value is -2.21. The van der Waals surface area contributed by atoms with Crippen molar-refractivity contribution in [3.8, 4) is 0 Å². The first-order chi connectivity index (χ1) is 12.3. The first-order valence-electron chi connectivity index (χ1n) is 8.50. The summed E-state index contributed by atoms with van der Waals surface area (Å²) < 4.78 is 28.0. The van der Waals surface area contributed by atoms with Crippen LogP contribution >= 0.6 is 11.6 Å². The number of carbonyl (C=O) groups excluding carboxylic acids is 1. The molecule has 4 nitrogen and oxygen atoms in total. The van der Waals surface area contributed by atoms with Gasteiger partial charge in [0.1, 0.15) is 5.15 Å². The number of benzene rings is 1. The van der Waals surface area contributed by atoms with Gasteiger partial charge in [-0.2, -0.15) is 5.10 Å². The zero-order valence-corrected chi connectivity index (χ0v) is 15.8. The Bertz CT molecular complexity index is 817. The normalized spacial score (nSPS) is 12.5. The standard InChI is InChI=1S/C19H22ClF2N3O/c1-4-5-10-25-19(20)15(13(3)24-25)7-9-18(26)23-12(2)14-6-8-16(21)17(22)11-14/h6-9,11-12H,4-5,10H2,1-3H3,(H,23,26). The second-order valence-electron chi connectivity index (χ2n) is 6.10. The molecule has 0 saturated carbocycles. The maximum absolute atomic E-state index is 13.3. The lowest BCUT2D eigenvalue weighted by atomic mass is 10.1. The molecule has 26 heavy (non-hydrogen) atoms. The molecule has 0 aliphatic heterocycles. The third kappa shape index (κ3) is 4.91. The van der Waals surface area contributed by atoms with Crippen LogP contribution in [0.4, 0.5) is 8.78 Å². The molecule has 1 heterocycles. The van der Waals surface area contributed by atoms with Crippen molar-refractivity contribution >= 4 is 23.6 Å². The van der Waals surface area contributed by atoms with Gasteiger partial charge in [0.25, 0.3) is 0 Å². The van der Waals surface area contributed by atoms with Crippen molar-refractivity contribution in [2.45, 2.75) is 46.2 Å². The molecule has 1 unspecified atom stereocenters. The van der Waals surface area contributed by atoms with Crippen LogP contribution in [0, 0.1) is 18.6 Å². The van der Waals surface area contributed by atoms with Gasteiger partial charge in [0.2, 0.25) is 5.91 Å². The first-order valence-corrected chi connectivity index (χ1v) is 8.87. The smallest absolute Gasteiger partial charge is 0.244 e. The summed E-state index contributed by atoms with van der Waals surface area (Å²) in [7, 11) is 0. The monoisotopic (exact) mass is 381 g/mol. The summed E-state index contributed by atoms with van der Waals surface area (Å²) in [6.45, 7) is 6.34. The van der Waals surface area contributed by atoms with Crippen molar-refractivity contribution in [1.82, 2.24) is 15.1 Å². The van der Waals surface area contributed by atoms with Gasteiger partial charge in [0.05, 0.1) is 11.7 Å². The Kier molecular flexibility index (Phi) is 6.91. The van der Waals surface area contributed by atoms with E-state index >= 15 is 0 Å². The minimum Gasteiger partial charge on any atom is -0.346 e. The van der Waals surface area contributed by atoms with Crippen LogP contribution in [-0.2, 0) is 11.3 Å². The number of nitrogens with one attached hydrogen (secondary N) is 1. The van der Waals surface area contributed by atoms with Crippen LogP contribution in [0.5, 0.6) is 0 Å². The van der Waals surface area contributed by atoms with Crippen molar-refractivity contribution in [2.75, 3.05) is 0 Å². The number of aryl methyl sites for hydroxylation is 2. The Morgan fingerprint density at radius 2 is 2.12 bits per heavy atom. The summed E-state index contributed by atoms with van der Waals surface area (Å²) in [6, 6.07) is 3.08. The number of hydrogen-bond acceptors (Lipinski definition) is 2. The average Bonchev–Trinajstić information content (AvgIpc) is 2.87. The predicted octanol–water partition coefficient (Wildman–Crippen LogP) is 4.81. The van der Waals surface area contributed by atoms with E-state index in [-0.39, 0.29) is 5.91 Å². The van der Waals surface area contributed by atoms with Gasteiger partial charge in [0, 0.05) is 18.2 Å². The van der Waals surface area contributed by atoms with E-state index in [4.69, 9.17) is 11.6 Å². The summed E-state index contributed by atoms with van der Waals surface area (Å²) >= 11 is 6.32. The molecule has 0 bridgehead atoms. The molecule has 0 saturated heterocycles. The Labute approximate surface area is 156 Å². The fourth-order valence-electron chi connectivity index (χ4n) is 2.50. The van der Waals surface area contributed by atoms with Crippen LogP contribution in [0.2, 0.25) is 5.15 Å². The van der Waals surface area contributed by atoms with E-state index in [1.807, 2.05) is 6.92 Å². The highest BCUT2D eigenvalue weighted by Gasteiger charge is 2.13. The van der Waals surface area contributed by atoms with Crippen LogP contribution < -0.4 is 5.32 Å². The quantitative estimate of drug-likeness (QED) is 0.699. The molecule has 7 heteroatoms. The summed E-state index contributed by atoms with van der Waals surface area (Å²) in [5, 5.41) is 7.58. The molecule has 1 aromatic carbocycles. The number of nitrogens with zero attached hydrogens (tertiary/aromatic N) is 2. The van der Waals surface area contributed by atoms with E-state index in [1.165, 1.54) is 12.1 Å². The maximum Gasteiger partial charge on any atom is 0.244 e. The lowest BCUT2D eigenvalue weighted by Gasteiger charge is -2.13. The largest absolute Gasteiger partial charge is 0.346 e. The zero-order chi connectivity index (χ0) is 19.3. The molecular weight excluding hydrogens is 360 g/mol. The number of hydrogen-bond donors (Lipinski definition) is 1. The van der Waals surface area contributed by atoms with Gasteiger partial charge in [-0.1, -0.05) is 31.0 Å². The third-order valence-electron chi connectivity index (χ3n) is 4.04. The molecule has 1 N–H and O–H groups in total. The molecule has 1 aromatic heterocycles. The Morgan fingerprint density at radius 1 is 1.38 bits per heavy atom. The van der Waals surface area contributed by atoms with E-state index in [0.29, 0.717) is 16.3 Å². The molecule has 0 radical (unpaired) electrons. The summed E-state index contributed by atoms with van der Waals surface area (Å²) in [4.78, 5) is 12.1. The van der Waals surface area contributed by atoms with Crippen molar-refractivity contribution in [3.05, 3.63) is 57.9 Å². The minimum atomic E-state index is -0.943. The molecule has 2 rings (SSSR count). The molecule has 2 aromatic rings. The van der Waals surface area contributed by atoms with Crippen LogP contribution in [-0.4, -0.2) is 15.7 Å². The molecule has 0 aliphatic carbocycles. The van der Waals surface area contributed by atoms with Gasteiger partial charge in [-0.05, 0) is 44.0 Å². The van der Waals surface area contributed by atoms with Gasteiger partial charge >= 0.3 is 0 Å². The molecule has 1 atom stereocenters. The minimum absolute atomic E-state index is 0.362. The highest BCUT2D eigenvalue weighted by molar-refractivity contribution is 6.31. The number of carbonyl (C=O) groups is 1. The van der Waals surface area contributed by atoms with Gasteiger partial charge in [-0.3, -0.25) is 9.48 Å². The summed E-state index contributed by atoms with van der Waals surface area (Å²) in [5.74, 6) is -2.22. The average molecular weight is 382 g/mol. The van der Waals surface area contributed by atoms with Crippen molar-refractivity contribution in [3.63, 3.8) is 0 Å². The third-order valence-corrected chi connectivity index (χ3v) is 4.44. The van der Waals surface area contributed by atoms with Crippen LogP contribution in [0.1, 0.15) is 49.6 Å². The van der Waals surface area contributed by atoms with Gasteiger partial charge in [-0.25, -0.2) is 8.78 Å². The van der Waals surface area contributed by atoms with Crippen LogP contribution in [0.15, 0.2) is 24.3 Å². The maximum atomic E-state index is 13.3. The number of halogens is 3. The van der Waals surface area contributed by atoms with Gasteiger partial charge in [-0.15, -0.1) is 0 Å². The summed E-state index contributed by atoms with van der Waals surface area (Å²) in [5.41, 5.74) is 1.91. The highest BCUT2D eigenvalue weighted by Crippen LogP contribution is 2.22. The molecule has 0 aliphatic rings. The molecule has 0 fully saturated rings. The number of unbranched alkanes of at least 4 members (excludes halogenated alkanes) is 1. The lowest BCUT2D eigenvalue weighted by molar-refractivity contribution is -0.117. The number of aromatic nitrogens is 2. The topological polar surface area (TPSA) is 46.9 Å². The second-order valence-corrected chi connectivity index (χ2v) is 6.46. The van der Waals surface area contributed by atoms with E-state index < -0.39 is 17.7 Å². The van der Waals surface area contributed by atoms with Crippen LogP contribution in [0.3, 0.4) is 0 Å². The van der Waals surface area contributed by atoms with E-state index in [2.05, 4.69) is 17.3 Å². The summed E-state index contributed by atoms with van der Waals surface area (Å²) in [6.07, 6.45) is 4.97. The second kappa shape index (κ2) is 8.94. The van der Waals surface area contributed by atoms with Crippen molar-refractivity contribution < 1.29 is 13.6 Å². The predicted molar refractivity (Wildman–Crippen MR) is 98.8 cm³/mol. The SMILES string of the molecule is CCCCn1nc(C)c(C=CC(=O)NC(C)c2ccc(F)c(F)c2)c1Cl. The highest BCUT2D eigenvalue weighted by atomic mass is 35.5. The molecule has 140 valence electrons. The first kappa shape index (κ1) is 20.1. The Balaban J connectivity index is 2.05. The Morgan fingerprint density at radius 3 is 2.77 bits per heavy atom. The fraction of sp³-hybridized carbons (Fsp3) is 0.368. The molecular formula is C19H22ClF2N3O. The van der Waals surface area contributed by atoms with Crippen molar-refractivity contribution in [1.29, 1.82) is 0 Å². The number of rotatable bonds is 7. The van der Waals surface area contributed by atoms with E-state index in [9.17, 15) is 13.6 Å². The van der Waals surface area contributed by atoms with Crippen LogP contribution in [0.25, 0.3) is 6.08 Å². The van der Waals surface area contributed by atoms with Gasteiger partial charge in [0.15, 0.2) is 11.6 Å². The lowest BCUT2D eigenvalue weighted by Crippen LogP contribution is -2.24. The molecule has 0 spiro atoms. The number of amides is 1. The van der Waals surface area contributed by atoms with Crippen molar-refractivity contribution in [2.24, 2.45) is 0 Å². The van der Waals surface area contributed by atoms with Gasteiger partial charge < -0.3 is 5.32 Å². The van der Waals surface area contributed by atoms with E-state index in [0.717, 1.165) is 37.2 Å². The molecule has 1 amide bonds. The fourth-order valence-corrected chi connectivity index (χ4v) is 2.82. The van der Waals surface area contributed by atoms with E-state index in [1.54, 1.807) is 17.7 Å². The zero-order valence-electron chi connectivity index (χ0n) is 15.0.